The largest absolute Gasteiger partial charge is 0.458 e. The number of rotatable bonds is 15. The summed E-state index contributed by atoms with van der Waals surface area (Å²) in [5.74, 6) is -0.285. The summed E-state index contributed by atoms with van der Waals surface area (Å²) in [5.41, 5.74) is 2.32. The summed E-state index contributed by atoms with van der Waals surface area (Å²) in [6.07, 6.45) is 1.06. The molecule has 0 aliphatic carbocycles. The standard InChI is InChI=1S/C26H38NO4/c1-4-18-29-19-16-27(3,21-23-12-8-6-9-13-23)17-20-30-26(28)25(5-2)31-22-24-14-10-7-11-15-24/h6-15,25H,4-5,16-22H2,1-3H3/q+1. The molecular weight excluding hydrogens is 390 g/mol. The van der Waals surface area contributed by atoms with Gasteiger partial charge in [0.25, 0.3) is 0 Å². The van der Waals surface area contributed by atoms with Crippen LogP contribution in [0, 0.1) is 0 Å². The summed E-state index contributed by atoms with van der Waals surface area (Å²) in [5, 5.41) is 0. The zero-order valence-corrected chi connectivity index (χ0v) is 19.3. The Balaban J connectivity index is 1.85. The van der Waals surface area contributed by atoms with Gasteiger partial charge in [-0.3, -0.25) is 0 Å². The fourth-order valence-corrected chi connectivity index (χ4v) is 3.41. The number of esters is 1. The topological polar surface area (TPSA) is 44.8 Å². The molecule has 0 bridgehead atoms. The number of benzene rings is 2. The van der Waals surface area contributed by atoms with Crippen LogP contribution in [0.15, 0.2) is 60.7 Å². The number of ether oxygens (including phenoxy) is 3. The van der Waals surface area contributed by atoms with Crippen molar-refractivity contribution in [2.45, 2.75) is 45.9 Å². The van der Waals surface area contributed by atoms with Crippen molar-refractivity contribution >= 4 is 5.97 Å². The molecule has 0 aromatic heterocycles. The van der Waals surface area contributed by atoms with Crippen LogP contribution in [0.5, 0.6) is 0 Å². The van der Waals surface area contributed by atoms with Crippen LogP contribution in [-0.4, -0.2) is 56.5 Å². The quantitative estimate of drug-likeness (QED) is 0.236. The molecule has 2 rings (SSSR count). The van der Waals surface area contributed by atoms with E-state index in [1.165, 1.54) is 5.56 Å². The molecule has 0 N–H and O–H groups in total. The van der Waals surface area contributed by atoms with Gasteiger partial charge in [-0.15, -0.1) is 0 Å². The summed E-state index contributed by atoms with van der Waals surface area (Å²) < 4.78 is 17.9. The summed E-state index contributed by atoms with van der Waals surface area (Å²) in [6, 6.07) is 20.3. The monoisotopic (exact) mass is 428 g/mol. The van der Waals surface area contributed by atoms with E-state index in [1.807, 2.05) is 43.3 Å². The highest BCUT2D eigenvalue weighted by molar-refractivity contribution is 5.74. The molecule has 0 saturated carbocycles. The van der Waals surface area contributed by atoms with E-state index in [0.29, 0.717) is 26.2 Å². The van der Waals surface area contributed by atoms with Crippen molar-refractivity contribution in [3.63, 3.8) is 0 Å². The van der Waals surface area contributed by atoms with Gasteiger partial charge in [0.1, 0.15) is 26.2 Å². The van der Waals surface area contributed by atoms with Gasteiger partial charge in [0.2, 0.25) is 0 Å². The third kappa shape index (κ3) is 9.64. The van der Waals surface area contributed by atoms with E-state index < -0.39 is 6.10 Å². The van der Waals surface area contributed by atoms with Crippen LogP contribution in [0.4, 0.5) is 0 Å². The van der Waals surface area contributed by atoms with Crippen LogP contribution in [0.2, 0.25) is 0 Å². The number of hydrogen-bond donors (Lipinski definition) is 0. The molecule has 5 heteroatoms. The third-order valence-electron chi connectivity index (χ3n) is 5.33. The van der Waals surface area contributed by atoms with Crippen LogP contribution in [0.25, 0.3) is 0 Å². The predicted molar refractivity (Wildman–Crippen MR) is 123 cm³/mol. The summed E-state index contributed by atoms with van der Waals surface area (Å²) >= 11 is 0. The minimum Gasteiger partial charge on any atom is -0.458 e. The molecule has 170 valence electrons. The van der Waals surface area contributed by atoms with E-state index in [4.69, 9.17) is 14.2 Å². The molecule has 5 nitrogen and oxygen atoms in total. The van der Waals surface area contributed by atoms with Gasteiger partial charge >= 0.3 is 5.97 Å². The minimum absolute atomic E-state index is 0.285. The van der Waals surface area contributed by atoms with Gasteiger partial charge in [0, 0.05) is 12.2 Å². The molecule has 0 saturated heterocycles. The van der Waals surface area contributed by atoms with Crippen molar-refractivity contribution in [3.05, 3.63) is 71.8 Å². The molecule has 2 unspecified atom stereocenters. The second kappa shape index (κ2) is 14.0. The Hall–Kier alpha value is -2.21. The first-order valence-corrected chi connectivity index (χ1v) is 11.3. The summed E-state index contributed by atoms with van der Waals surface area (Å²) in [4.78, 5) is 12.6. The average molecular weight is 429 g/mol. The average Bonchev–Trinajstić information content (AvgIpc) is 2.78. The Bertz CT molecular complexity index is 738. The second-order valence-corrected chi connectivity index (χ2v) is 8.18. The Morgan fingerprint density at radius 3 is 2.10 bits per heavy atom. The zero-order valence-electron chi connectivity index (χ0n) is 19.3. The predicted octanol–water partition coefficient (Wildman–Crippen LogP) is 4.60. The van der Waals surface area contributed by atoms with Crippen molar-refractivity contribution < 1.29 is 23.5 Å². The Kier molecular flexibility index (Phi) is 11.3. The van der Waals surface area contributed by atoms with Gasteiger partial charge in [-0.05, 0) is 18.4 Å². The van der Waals surface area contributed by atoms with Crippen molar-refractivity contribution in [3.8, 4) is 0 Å². The second-order valence-electron chi connectivity index (χ2n) is 8.18. The molecular formula is C26H38NO4+. The number of quaternary nitrogens is 1. The van der Waals surface area contributed by atoms with E-state index in [2.05, 4.69) is 38.2 Å². The minimum atomic E-state index is -0.541. The van der Waals surface area contributed by atoms with E-state index in [1.54, 1.807) is 0 Å². The van der Waals surface area contributed by atoms with Crippen LogP contribution in [-0.2, 0) is 32.2 Å². The first-order valence-electron chi connectivity index (χ1n) is 11.3. The first kappa shape index (κ1) is 25.1. The molecule has 0 aliphatic rings. The Morgan fingerprint density at radius 1 is 0.871 bits per heavy atom. The number of carbonyl (C=O) groups excluding carboxylic acids is 1. The van der Waals surface area contributed by atoms with Crippen LogP contribution < -0.4 is 0 Å². The molecule has 0 spiro atoms. The molecule has 0 fully saturated rings. The van der Waals surface area contributed by atoms with Crippen LogP contribution in [0.3, 0.4) is 0 Å². The van der Waals surface area contributed by atoms with Gasteiger partial charge in [-0.2, -0.15) is 0 Å². The fourth-order valence-electron chi connectivity index (χ4n) is 3.41. The van der Waals surface area contributed by atoms with E-state index in [-0.39, 0.29) is 5.97 Å². The van der Waals surface area contributed by atoms with Crippen molar-refractivity contribution in [2.75, 3.05) is 40.0 Å². The molecule has 0 heterocycles. The summed E-state index contributed by atoms with van der Waals surface area (Å²) in [7, 11) is 2.19. The van der Waals surface area contributed by atoms with Gasteiger partial charge in [0.05, 0.1) is 20.3 Å². The zero-order chi connectivity index (χ0) is 22.4. The maximum atomic E-state index is 12.6. The van der Waals surface area contributed by atoms with Gasteiger partial charge in [0.15, 0.2) is 6.10 Å². The molecule has 0 amide bonds. The van der Waals surface area contributed by atoms with Gasteiger partial charge in [-0.1, -0.05) is 74.5 Å². The Labute approximate surface area is 187 Å². The molecule has 0 radical (unpaired) electrons. The SMILES string of the molecule is CCCOCC[N+](C)(CCOC(=O)C(CC)OCc1ccccc1)Cc1ccccc1. The van der Waals surface area contributed by atoms with E-state index >= 15 is 0 Å². The highest BCUT2D eigenvalue weighted by Crippen LogP contribution is 2.13. The van der Waals surface area contributed by atoms with Crippen molar-refractivity contribution in [2.24, 2.45) is 0 Å². The highest BCUT2D eigenvalue weighted by atomic mass is 16.6. The van der Waals surface area contributed by atoms with Gasteiger partial charge < -0.3 is 18.7 Å². The smallest absolute Gasteiger partial charge is 0.335 e. The van der Waals surface area contributed by atoms with Crippen molar-refractivity contribution in [1.29, 1.82) is 0 Å². The Morgan fingerprint density at radius 2 is 1.48 bits per heavy atom. The molecule has 2 atom stereocenters. The lowest BCUT2D eigenvalue weighted by Crippen LogP contribution is -2.48. The number of likely N-dealkylation sites (N-methyl/N-ethyl adjacent to an activating group) is 1. The normalized spacial score (nSPS) is 14.0. The highest BCUT2D eigenvalue weighted by Gasteiger charge is 2.25. The van der Waals surface area contributed by atoms with Crippen LogP contribution >= 0.6 is 0 Å². The van der Waals surface area contributed by atoms with Crippen molar-refractivity contribution in [1.82, 2.24) is 0 Å². The number of carbonyl (C=O) groups is 1. The maximum Gasteiger partial charge on any atom is 0.335 e. The van der Waals surface area contributed by atoms with Gasteiger partial charge in [-0.25, -0.2) is 4.79 Å². The summed E-state index contributed by atoms with van der Waals surface area (Å²) in [6.45, 7) is 8.76. The molecule has 31 heavy (non-hydrogen) atoms. The lowest BCUT2D eigenvalue weighted by Gasteiger charge is -2.34. The lowest BCUT2D eigenvalue weighted by molar-refractivity contribution is -0.923. The van der Waals surface area contributed by atoms with E-state index in [9.17, 15) is 4.79 Å². The molecule has 2 aromatic rings. The molecule has 2 aromatic carbocycles. The van der Waals surface area contributed by atoms with Crippen LogP contribution in [0.1, 0.15) is 37.8 Å². The number of hydrogen-bond acceptors (Lipinski definition) is 4. The molecule has 0 aliphatic heterocycles. The first-order chi connectivity index (χ1) is 15.1. The third-order valence-corrected chi connectivity index (χ3v) is 5.33. The van der Waals surface area contributed by atoms with E-state index in [0.717, 1.165) is 42.7 Å². The fraction of sp³-hybridized carbons (Fsp3) is 0.500. The number of nitrogens with zero attached hydrogens (tertiary/aromatic N) is 1. The maximum absolute atomic E-state index is 12.6. The lowest BCUT2D eigenvalue weighted by atomic mass is 10.2.